The highest BCUT2D eigenvalue weighted by atomic mass is 19.1. The number of ether oxygens (including phenoxy) is 1. The molecule has 1 N–H and O–H groups in total. The Kier molecular flexibility index (Phi) is 6.37. The molecule has 0 aromatic heterocycles. The van der Waals surface area contributed by atoms with Gasteiger partial charge in [-0.15, -0.1) is 0 Å². The lowest BCUT2D eigenvalue weighted by Gasteiger charge is -2.20. The summed E-state index contributed by atoms with van der Waals surface area (Å²) in [7, 11) is 0. The van der Waals surface area contributed by atoms with E-state index >= 15 is 0 Å². The summed E-state index contributed by atoms with van der Waals surface area (Å²) in [4.78, 5) is 12.7. The molecule has 0 saturated carbocycles. The molecule has 3 rings (SSSR count). The third-order valence-electron chi connectivity index (χ3n) is 4.33. The number of carbonyl (C=O) groups is 1. The number of benzene rings is 3. The van der Waals surface area contributed by atoms with Crippen LogP contribution in [0.25, 0.3) is 0 Å². The maximum absolute atomic E-state index is 13.2. The second-order valence-corrected chi connectivity index (χ2v) is 6.34. The van der Waals surface area contributed by atoms with Gasteiger partial charge >= 0.3 is 0 Å². The second kappa shape index (κ2) is 9.13. The van der Waals surface area contributed by atoms with Crippen molar-refractivity contribution in [3.8, 4) is 5.75 Å². The van der Waals surface area contributed by atoms with E-state index in [-0.39, 0.29) is 29.9 Å². The summed E-state index contributed by atoms with van der Waals surface area (Å²) in [5, 5.41) is 3.28. The predicted molar refractivity (Wildman–Crippen MR) is 106 cm³/mol. The molecule has 0 bridgehead atoms. The molecule has 144 valence electrons. The van der Waals surface area contributed by atoms with Gasteiger partial charge in [0.15, 0.2) is 5.78 Å². The van der Waals surface area contributed by atoms with Gasteiger partial charge in [-0.2, -0.15) is 0 Å². The molecule has 0 aliphatic carbocycles. The Bertz CT molecular complexity index is 907. The number of nitrogens with one attached hydrogen (secondary N) is 1. The summed E-state index contributed by atoms with van der Waals surface area (Å²) < 4.78 is 31.8. The van der Waals surface area contributed by atoms with Crippen LogP contribution in [0.5, 0.6) is 5.75 Å². The maximum Gasteiger partial charge on any atom is 0.165 e. The summed E-state index contributed by atoms with van der Waals surface area (Å²) in [5.41, 5.74) is 2.04. The molecule has 0 heterocycles. The van der Waals surface area contributed by atoms with Crippen LogP contribution < -0.4 is 10.1 Å². The summed E-state index contributed by atoms with van der Waals surface area (Å²) >= 11 is 0. The van der Waals surface area contributed by atoms with Crippen LogP contribution in [0.15, 0.2) is 72.8 Å². The second-order valence-electron chi connectivity index (χ2n) is 6.34. The van der Waals surface area contributed by atoms with Crippen molar-refractivity contribution in [2.45, 2.75) is 19.4 Å². The fraction of sp³-hybridized carbons (Fsp3) is 0.174. The van der Waals surface area contributed by atoms with E-state index in [0.717, 1.165) is 11.3 Å². The molecule has 0 amide bonds. The third kappa shape index (κ3) is 5.16. The molecule has 0 aliphatic rings. The molecule has 0 spiro atoms. The van der Waals surface area contributed by atoms with Gasteiger partial charge in [0, 0.05) is 17.7 Å². The largest absolute Gasteiger partial charge is 0.494 e. The lowest BCUT2D eigenvalue weighted by molar-refractivity contribution is 0.0976. The molecule has 5 heteroatoms. The van der Waals surface area contributed by atoms with Gasteiger partial charge < -0.3 is 10.1 Å². The van der Waals surface area contributed by atoms with Crippen LogP contribution in [-0.4, -0.2) is 12.4 Å². The summed E-state index contributed by atoms with van der Waals surface area (Å²) in [6.07, 6.45) is 0.164. The van der Waals surface area contributed by atoms with Gasteiger partial charge in [-0.05, 0) is 73.2 Å². The van der Waals surface area contributed by atoms with Crippen molar-refractivity contribution in [1.29, 1.82) is 0 Å². The molecule has 28 heavy (non-hydrogen) atoms. The topological polar surface area (TPSA) is 38.3 Å². The minimum Gasteiger partial charge on any atom is -0.494 e. The lowest BCUT2D eigenvalue weighted by atomic mass is 9.97. The highest BCUT2D eigenvalue weighted by molar-refractivity contribution is 5.96. The fourth-order valence-corrected chi connectivity index (χ4v) is 2.90. The van der Waals surface area contributed by atoms with Gasteiger partial charge in [0.2, 0.25) is 0 Å². The van der Waals surface area contributed by atoms with Gasteiger partial charge in [0.25, 0.3) is 0 Å². The highest BCUT2D eigenvalue weighted by Crippen LogP contribution is 2.26. The van der Waals surface area contributed by atoms with Crippen LogP contribution in [0.3, 0.4) is 0 Å². The van der Waals surface area contributed by atoms with Gasteiger partial charge in [-0.25, -0.2) is 8.78 Å². The van der Waals surface area contributed by atoms with Crippen molar-refractivity contribution in [1.82, 2.24) is 0 Å². The number of hydrogen-bond acceptors (Lipinski definition) is 3. The van der Waals surface area contributed by atoms with Gasteiger partial charge in [-0.3, -0.25) is 4.79 Å². The van der Waals surface area contributed by atoms with Crippen LogP contribution >= 0.6 is 0 Å². The van der Waals surface area contributed by atoms with Crippen LogP contribution in [-0.2, 0) is 0 Å². The molecule has 0 aliphatic heterocycles. The predicted octanol–water partition coefficient (Wildman–Crippen LogP) is 5.79. The molecule has 3 nitrogen and oxygen atoms in total. The first-order chi connectivity index (χ1) is 13.5. The van der Waals surface area contributed by atoms with Crippen molar-refractivity contribution < 1.29 is 18.3 Å². The van der Waals surface area contributed by atoms with Gasteiger partial charge in [-0.1, -0.05) is 12.1 Å². The molecule has 3 aromatic rings. The zero-order valence-electron chi connectivity index (χ0n) is 15.5. The van der Waals surface area contributed by atoms with E-state index in [9.17, 15) is 13.6 Å². The minimum atomic E-state index is -0.385. The Hall–Kier alpha value is -3.21. The third-order valence-corrected chi connectivity index (χ3v) is 4.33. The molecular weight excluding hydrogens is 360 g/mol. The number of ketones is 1. The van der Waals surface area contributed by atoms with Gasteiger partial charge in [0.05, 0.1) is 12.6 Å². The Morgan fingerprint density at radius 1 is 0.893 bits per heavy atom. The molecule has 0 fully saturated rings. The fourth-order valence-electron chi connectivity index (χ4n) is 2.90. The van der Waals surface area contributed by atoms with E-state index in [1.807, 2.05) is 31.2 Å². The molecule has 1 unspecified atom stereocenters. The molecule has 3 aromatic carbocycles. The Morgan fingerprint density at radius 2 is 1.46 bits per heavy atom. The van der Waals surface area contributed by atoms with Crippen LogP contribution in [0.4, 0.5) is 14.5 Å². The Morgan fingerprint density at radius 3 is 2.04 bits per heavy atom. The monoisotopic (exact) mass is 381 g/mol. The Balaban J connectivity index is 1.83. The Labute approximate surface area is 163 Å². The number of rotatable bonds is 8. The number of Topliss-reactive ketones (excluding diaryl/α,β-unsaturated/α-hetero) is 1. The minimum absolute atomic E-state index is 0.117. The number of hydrogen-bond donors (Lipinski definition) is 1. The van der Waals surface area contributed by atoms with E-state index in [4.69, 9.17) is 4.74 Å². The van der Waals surface area contributed by atoms with E-state index in [0.29, 0.717) is 17.9 Å². The summed E-state index contributed by atoms with van der Waals surface area (Å²) in [5.74, 6) is -0.0836. The molecule has 0 saturated heterocycles. The smallest absolute Gasteiger partial charge is 0.165 e. The average molecular weight is 381 g/mol. The lowest BCUT2D eigenvalue weighted by Crippen LogP contribution is -2.16. The van der Waals surface area contributed by atoms with Crippen LogP contribution in [0.2, 0.25) is 0 Å². The van der Waals surface area contributed by atoms with E-state index in [2.05, 4.69) is 5.32 Å². The summed E-state index contributed by atoms with van der Waals surface area (Å²) in [6.45, 7) is 2.48. The SMILES string of the molecule is CCOc1ccc(C(CC(=O)c2ccc(F)cc2)Nc2ccc(F)cc2)cc1. The number of halogens is 2. The molecule has 0 radical (unpaired) electrons. The standard InChI is InChI=1S/C23H21F2NO2/c1-2-28-21-13-5-16(6-14-21)22(26-20-11-9-19(25)10-12-20)15-23(27)17-3-7-18(24)8-4-17/h3-14,22,26H,2,15H2,1H3. The average Bonchev–Trinajstić information content (AvgIpc) is 2.70. The van der Waals surface area contributed by atoms with Gasteiger partial charge in [0.1, 0.15) is 17.4 Å². The zero-order chi connectivity index (χ0) is 19.9. The number of anilines is 1. The van der Waals surface area contributed by atoms with E-state index in [1.54, 1.807) is 12.1 Å². The molecule has 1 atom stereocenters. The van der Waals surface area contributed by atoms with Crippen molar-refractivity contribution in [3.05, 3.63) is 95.6 Å². The van der Waals surface area contributed by atoms with Crippen LogP contribution in [0, 0.1) is 11.6 Å². The highest BCUT2D eigenvalue weighted by Gasteiger charge is 2.18. The van der Waals surface area contributed by atoms with Crippen molar-refractivity contribution >= 4 is 11.5 Å². The van der Waals surface area contributed by atoms with Crippen molar-refractivity contribution in [2.75, 3.05) is 11.9 Å². The zero-order valence-corrected chi connectivity index (χ0v) is 15.5. The molecular formula is C23H21F2NO2. The first kappa shape index (κ1) is 19.5. The number of carbonyl (C=O) groups excluding carboxylic acids is 1. The first-order valence-electron chi connectivity index (χ1n) is 9.09. The normalized spacial score (nSPS) is 11.7. The van der Waals surface area contributed by atoms with Crippen molar-refractivity contribution in [2.24, 2.45) is 0 Å². The maximum atomic E-state index is 13.2. The quantitative estimate of drug-likeness (QED) is 0.502. The van der Waals surface area contributed by atoms with Crippen molar-refractivity contribution in [3.63, 3.8) is 0 Å². The van der Waals surface area contributed by atoms with E-state index < -0.39 is 0 Å². The first-order valence-corrected chi connectivity index (χ1v) is 9.09. The van der Waals surface area contributed by atoms with Crippen LogP contribution in [0.1, 0.15) is 35.3 Å². The summed E-state index contributed by atoms with van der Waals surface area (Å²) in [6, 6.07) is 18.6. The van der Waals surface area contributed by atoms with E-state index in [1.165, 1.54) is 36.4 Å².